The number of hydrogen-bond acceptors (Lipinski definition) is 5. The van der Waals surface area contributed by atoms with Crippen molar-refractivity contribution in [3.05, 3.63) is 35.7 Å². The Bertz CT molecular complexity index is 616. The minimum Gasteiger partial charge on any atom is -0.486 e. The average Bonchev–Trinajstić information content (AvgIpc) is 2.93. The number of rotatable bonds is 7. The molecular weight excluding hydrogens is 284 g/mol. The zero-order valence-electron chi connectivity index (χ0n) is 12.2. The lowest BCUT2D eigenvalue weighted by atomic mass is 10.2. The Kier molecular flexibility index (Phi) is 5.64. The molecule has 110 valence electrons. The highest BCUT2D eigenvalue weighted by atomic mass is 32.2. The Hall–Kier alpha value is -2.00. The number of hydrogen-bond donors (Lipinski definition) is 0. The molecule has 0 amide bonds. The maximum Gasteiger partial charge on any atom is 0.192 e. The first-order chi connectivity index (χ1) is 10.3. The molecular formula is C15H18N4OS. The second-order valence-electron chi connectivity index (χ2n) is 4.38. The number of nitrogens with zero attached hydrogens (tertiary/aromatic N) is 4. The van der Waals surface area contributed by atoms with Gasteiger partial charge >= 0.3 is 0 Å². The van der Waals surface area contributed by atoms with Gasteiger partial charge in [-0.3, -0.25) is 0 Å². The van der Waals surface area contributed by atoms with Gasteiger partial charge in [0, 0.05) is 6.54 Å². The zero-order chi connectivity index (χ0) is 15.1. The van der Waals surface area contributed by atoms with Crippen LogP contribution in [0.4, 0.5) is 0 Å². The number of thioether (sulfide) groups is 1. The molecule has 0 saturated carbocycles. The van der Waals surface area contributed by atoms with Crippen molar-refractivity contribution in [2.45, 2.75) is 38.6 Å². The van der Waals surface area contributed by atoms with Gasteiger partial charge in [0.15, 0.2) is 11.0 Å². The van der Waals surface area contributed by atoms with Crippen LogP contribution in [0.15, 0.2) is 29.4 Å². The summed E-state index contributed by atoms with van der Waals surface area (Å²) in [5.41, 5.74) is 1.29. The third-order valence-corrected chi connectivity index (χ3v) is 3.91. The number of aromatic nitrogens is 3. The van der Waals surface area contributed by atoms with Crippen molar-refractivity contribution in [2.75, 3.05) is 5.75 Å². The summed E-state index contributed by atoms with van der Waals surface area (Å²) in [7, 11) is 0. The first-order valence-corrected chi connectivity index (χ1v) is 7.90. The molecule has 6 heteroatoms. The highest BCUT2D eigenvalue weighted by Crippen LogP contribution is 2.18. The van der Waals surface area contributed by atoms with Gasteiger partial charge in [0.2, 0.25) is 0 Å². The summed E-state index contributed by atoms with van der Waals surface area (Å²) in [4.78, 5) is 0. The van der Waals surface area contributed by atoms with E-state index in [4.69, 9.17) is 10.00 Å². The van der Waals surface area contributed by atoms with Crippen LogP contribution in [0.25, 0.3) is 0 Å². The van der Waals surface area contributed by atoms with Crippen molar-refractivity contribution in [2.24, 2.45) is 0 Å². The van der Waals surface area contributed by atoms with E-state index in [0.29, 0.717) is 12.4 Å². The molecule has 0 N–H and O–H groups in total. The van der Waals surface area contributed by atoms with Crippen molar-refractivity contribution < 1.29 is 4.74 Å². The molecule has 0 aliphatic heterocycles. The van der Waals surface area contributed by atoms with E-state index < -0.39 is 0 Å². The lowest BCUT2D eigenvalue weighted by molar-refractivity contribution is 0.288. The van der Waals surface area contributed by atoms with Gasteiger partial charge in [-0.25, -0.2) is 0 Å². The molecule has 0 radical (unpaired) electrons. The van der Waals surface area contributed by atoms with Crippen LogP contribution in [0, 0.1) is 11.3 Å². The Balaban J connectivity index is 2.02. The first-order valence-electron chi connectivity index (χ1n) is 6.92. The molecule has 1 aromatic heterocycles. The van der Waals surface area contributed by atoms with Crippen LogP contribution < -0.4 is 4.74 Å². The normalized spacial score (nSPS) is 10.3. The fourth-order valence-electron chi connectivity index (χ4n) is 1.92. The smallest absolute Gasteiger partial charge is 0.192 e. The van der Waals surface area contributed by atoms with Crippen LogP contribution in [0.5, 0.6) is 5.75 Å². The maximum atomic E-state index is 8.64. The molecule has 21 heavy (non-hydrogen) atoms. The van der Waals surface area contributed by atoms with E-state index in [2.05, 4.69) is 35.3 Å². The van der Waals surface area contributed by atoms with Crippen molar-refractivity contribution >= 4 is 11.8 Å². The molecule has 0 saturated heterocycles. The van der Waals surface area contributed by atoms with Gasteiger partial charge in [0.1, 0.15) is 12.4 Å². The van der Waals surface area contributed by atoms with E-state index in [0.717, 1.165) is 29.7 Å². The highest BCUT2D eigenvalue weighted by Gasteiger charge is 2.11. The summed E-state index contributed by atoms with van der Waals surface area (Å²) >= 11 is 1.39. The fraction of sp³-hybridized carbons (Fsp3) is 0.400. The van der Waals surface area contributed by atoms with Gasteiger partial charge in [-0.05, 0) is 31.0 Å². The van der Waals surface area contributed by atoms with Gasteiger partial charge in [-0.1, -0.05) is 30.8 Å². The molecule has 2 aromatic rings. The molecule has 0 aliphatic rings. The summed E-state index contributed by atoms with van der Waals surface area (Å²) in [5, 5.41) is 17.7. The summed E-state index contributed by atoms with van der Waals surface area (Å²) in [6, 6.07) is 10.2. The predicted octanol–water partition coefficient (Wildman–Crippen LogP) is 3.06. The number of ether oxygens (including phenoxy) is 1. The summed E-state index contributed by atoms with van der Waals surface area (Å²) in [5.74, 6) is 1.97. The molecule has 1 heterocycles. The third-order valence-electron chi connectivity index (χ3n) is 3.08. The Morgan fingerprint density at radius 2 is 2.00 bits per heavy atom. The van der Waals surface area contributed by atoms with E-state index in [-0.39, 0.29) is 0 Å². The van der Waals surface area contributed by atoms with Crippen LogP contribution in [0.2, 0.25) is 0 Å². The number of nitriles is 1. The van der Waals surface area contributed by atoms with Crippen molar-refractivity contribution in [1.82, 2.24) is 14.8 Å². The van der Waals surface area contributed by atoms with Crippen LogP contribution >= 0.6 is 11.8 Å². The summed E-state index contributed by atoms with van der Waals surface area (Å²) < 4.78 is 7.73. The van der Waals surface area contributed by atoms with E-state index in [1.807, 2.05) is 23.6 Å². The molecule has 0 fully saturated rings. The van der Waals surface area contributed by atoms with Gasteiger partial charge in [0.05, 0.1) is 11.8 Å². The topological polar surface area (TPSA) is 63.7 Å². The Morgan fingerprint density at radius 3 is 2.62 bits per heavy atom. The molecule has 0 spiro atoms. The van der Waals surface area contributed by atoms with Gasteiger partial charge in [-0.15, -0.1) is 10.2 Å². The highest BCUT2D eigenvalue weighted by molar-refractivity contribution is 7.99. The van der Waals surface area contributed by atoms with Gasteiger partial charge in [0.25, 0.3) is 0 Å². The SMILES string of the molecule is CCc1ccc(OCc2nnc(SCC#N)n2CC)cc1. The molecule has 0 aliphatic carbocycles. The zero-order valence-corrected chi connectivity index (χ0v) is 13.1. The minimum atomic E-state index is 0.372. The number of benzene rings is 1. The Morgan fingerprint density at radius 1 is 1.24 bits per heavy atom. The lowest BCUT2D eigenvalue weighted by Crippen LogP contribution is -2.07. The van der Waals surface area contributed by atoms with Gasteiger partial charge in [-0.2, -0.15) is 5.26 Å². The van der Waals surface area contributed by atoms with E-state index in [1.54, 1.807) is 0 Å². The summed E-state index contributed by atoms with van der Waals surface area (Å²) in [6.07, 6.45) is 1.02. The monoisotopic (exact) mass is 302 g/mol. The largest absolute Gasteiger partial charge is 0.486 e. The second kappa shape index (κ2) is 7.70. The van der Waals surface area contributed by atoms with Crippen molar-refractivity contribution in [3.8, 4) is 11.8 Å². The second-order valence-corrected chi connectivity index (χ2v) is 5.32. The van der Waals surface area contributed by atoms with E-state index in [1.165, 1.54) is 17.3 Å². The summed E-state index contributed by atoms with van der Waals surface area (Å²) in [6.45, 7) is 5.28. The van der Waals surface area contributed by atoms with Crippen LogP contribution in [-0.4, -0.2) is 20.5 Å². The fourth-order valence-corrected chi connectivity index (χ4v) is 2.60. The Labute approximate surface area is 128 Å². The number of aryl methyl sites for hydroxylation is 1. The lowest BCUT2D eigenvalue weighted by Gasteiger charge is -2.08. The van der Waals surface area contributed by atoms with E-state index in [9.17, 15) is 0 Å². The van der Waals surface area contributed by atoms with Crippen LogP contribution in [0.3, 0.4) is 0 Å². The average molecular weight is 302 g/mol. The van der Waals surface area contributed by atoms with Crippen molar-refractivity contribution in [1.29, 1.82) is 5.26 Å². The predicted molar refractivity (Wildman–Crippen MR) is 82.2 cm³/mol. The van der Waals surface area contributed by atoms with Crippen LogP contribution in [0.1, 0.15) is 25.2 Å². The molecule has 1 aromatic carbocycles. The third kappa shape index (κ3) is 3.99. The quantitative estimate of drug-likeness (QED) is 0.736. The minimum absolute atomic E-state index is 0.372. The van der Waals surface area contributed by atoms with E-state index >= 15 is 0 Å². The van der Waals surface area contributed by atoms with Crippen molar-refractivity contribution in [3.63, 3.8) is 0 Å². The molecule has 0 atom stereocenters. The molecule has 0 bridgehead atoms. The molecule has 5 nitrogen and oxygen atoms in total. The first kappa shape index (κ1) is 15.4. The van der Waals surface area contributed by atoms with Crippen LogP contribution in [-0.2, 0) is 19.6 Å². The molecule has 0 unspecified atom stereocenters. The van der Waals surface area contributed by atoms with Gasteiger partial charge < -0.3 is 9.30 Å². The maximum absolute atomic E-state index is 8.64. The molecule has 2 rings (SSSR count). The standard InChI is InChI=1S/C15H18N4OS/c1-3-12-5-7-13(8-6-12)20-11-14-17-18-15(19(14)4-2)21-10-9-16/h5-8H,3-4,10-11H2,1-2H3.